The van der Waals surface area contributed by atoms with E-state index in [1.54, 1.807) is 13.2 Å². The van der Waals surface area contributed by atoms with Crippen LogP contribution in [0.25, 0.3) is 0 Å². The van der Waals surface area contributed by atoms with Crippen LogP contribution in [-0.2, 0) is 14.8 Å². The van der Waals surface area contributed by atoms with Gasteiger partial charge in [-0.1, -0.05) is 0 Å². The number of ether oxygens (including phenoxy) is 1. The van der Waals surface area contributed by atoms with Gasteiger partial charge < -0.3 is 4.74 Å². The maximum Gasteiger partial charge on any atom is 0.240 e. The highest BCUT2D eigenvalue weighted by Crippen LogP contribution is 2.48. The molecule has 0 bridgehead atoms. The Morgan fingerprint density at radius 3 is 2.76 bits per heavy atom. The third kappa shape index (κ3) is 3.79. The summed E-state index contributed by atoms with van der Waals surface area (Å²) in [6.45, 7) is 0.925. The lowest BCUT2D eigenvalue weighted by Crippen LogP contribution is -2.31. The minimum Gasteiger partial charge on any atom is -0.385 e. The smallest absolute Gasteiger partial charge is 0.240 e. The van der Waals surface area contributed by atoms with Crippen molar-refractivity contribution in [2.24, 2.45) is 5.41 Å². The van der Waals surface area contributed by atoms with E-state index in [0.29, 0.717) is 13.2 Å². The van der Waals surface area contributed by atoms with E-state index in [0.717, 1.165) is 37.5 Å². The molecule has 1 aliphatic carbocycles. The topological polar surface area (TPSA) is 79.2 Å². The monoisotopic (exact) mass is 312 g/mol. The Morgan fingerprint density at radius 1 is 1.48 bits per heavy atom. The molecule has 1 saturated carbocycles. The summed E-state index contributed by atoms with van der Waals surface area (Å²) in [5.41, 5.74) is -0.306. The molecule has 0 radical (unpaired) electrons. The maximum absolute atomic E-state index is 13.2. The van der Waals surface area contributed by atoms with Crippen molar-refractivity contribution in [1.82, 2.24) is 4.72 Å². The maximum atomic E-state index is 13.2. The number of hydrogen-bond donors (Lipinski definition) is 1. The molecule has 5 nitrogen and oxygen atoms in total. The molecule has 1 aromatic rings. The van der Waals surface area contributed by atoms with Gasteiger partial charge in [0.15, 0.2) is 0 Å². The summed E-state index contributed by atoms with van der Waals surface area (Å²) in [4.78, 5) is -0.0945. The van der Waals surface area contributed by atoms with Crippen LogP contribution in [0.5, 0.6) is 0 Å². The van der Waals surface area contributed by atoms with Gasteiger partial charge >= 0.3 is 0 Å². The zero-order valence-electron chi connectivity index (χ0n) is 11.7. The number of nitriles is 1. The van der Waals surface area contributed by atoms with Crippen LogP contribution in [0.1, 0.15) is 24.8 Å². The second kappa shape index (κ2) is 6.10. The largest absolute Gasteiger partial charge is 0.385 e. The summed E-state index contributed by atoms with van der Waals surface area (Å²) in [6, 6.07) is 4.84. The van der Waals surface area contributed by atoms with Crippen LogP contribution >= 0.6 is 0 Å². The number of methoxy groups -OCH3 is 1. The molecule has 2 rings (SSSR count). The highest BCUT2D eigenvalue weighted by atomic mass is 32.2. The molecule has 0 saturated heterocycles. The third-order valence-corrected chi connectivity index (χ3v) is 5.20. The predicted octanol–water partition coefficient (Wildman–Crippen LogP) is 1.79. The van der Waals surface area contributed by atoms with E-state index in [1.165, 1.54) is 0 Å². The number of hydrogen-bond acceptors (Lipinski definition) is 4. The molecular formula is C14H17FN2O3S. The van der Waals surface area contributed by atoms with Crippen LogP contribution in [0.4, 0.5) is 4.39 Å². The number of benzene rings is 1. The molecule has 0 aromatic heterocycles. The summed E-state index contributed by atoms with van der Waals surface area (Å²) < 4.78 is 45.2. The van der Waals surface area contributed by atoms with Crippen molar-refractivity contribution in [2.75, 3.05) is 20.3 Å². The number of rotatable bonds is 7. The average molecular weight is 312 g/mol. The Morgan fingerprint density at radius 2 is 2.19 bits per heavy atom. The number of nitrogens with zero attached hydrogens (tertiary/aromatic N) is 1. The van der Waals surface area contributed by atoms with Gasteiger partial charge in [0, 0.05) is 20.3 Å². The molecule has 0 aliphatic heterocycles. The first kappa shape index (κ1) is 15.9. The molecule has 1 aromatic carbocycles. The van der Waals surface area contributed by atoms with E-state index >= 15 is 0 Å². The van der Waals surface area contributed by atoms with Gasteiger partial charge in [-0.2, -0.15) is 5.26 Å². The number of nitrogens with one attached hydrogen (secondary N) is 1. The standard InChI is InChI=1S/C14H17FN2O3S/c1-20-7-6-14(4-5-14)10-17-21(18,19)12-2-3-13(15)11(8-12)9-16/h2-3,8,17H,4-7,10H2,1H3. The van der Waals surface area contributed by atoms with Crippen LogP contribution in [0, 0.1) is 22.6 Å². The van der Waals surface area contributed by atoms with Crippen LogP contribution in [0.15, 0.2) is 23.1 Å². The van der Waals surface area contributed by atoms with Gasteiger partial charge in [-0.3, -0.25) is 0 Å². The third-order valence-electron chi connectivity index (χ3n) is 3.80. The van der Waals surface area contributed by atoms with Gasteiger partial charge in [0.05, 0.1) is 10.5 Å². The van der Waals surface area contributed by atoms with Gasteiger partial charge in [0.2, 0.25) is 10.0 Å². The molecule has 0 heterocycles. The van der Waals surface area contributed by atoms with Crippen molar-refractivity contribution >= 4 is 10.0 Å². The van der Waals surface area contributed by atoms with E-state index in [2.05, 4.69) is 4.72 Å². The summed E-state index contributed by atoms with van der Waals surface area (Å²) in [6.07, 6.45) is 2.73. The fourth-order valence-corrected chi connectivity index (χ4v) is 3.28. The average Bonchev–Trinajstić information content (AvgIpc) is 3.24. The number of halogens is 1. The lowest BCUT2D eigenvalue weighted by atomic mass is 10.0. The van der Waals surface area contributed by atoms with Crippen LogP contribution in [0.2, 0.25) is 0 Å². The van der Waals surface area contributed by atoms with Gasteiger partial charge in [0.1, 0.15) is 11.9 Å². The lowest BCUT2D eigenvalue weighted by Gasteiger charge is -2.15. The van der Waals surface area contributed by atoms with Gasteiger partial charge in [0.25, 0.3) is 0 Å². The van der Waals surface area contributed by atoms with Crippen molar-refractivity contribution in [3.05, 3.63) is 29.6 Å². The van der Waals surface area contributed by atoms with E-state index in [-0.39, 0.29) is 15.9 Å². The van der Waals surface area contributed by atoms with Gasteiger partial charge in [-0.15, -0.1) is 0 Å². The number of sulfonamides is 1. The molecule has 7 heteroatoms. The first-order chi connectivity index (χ1) is 9.92. The molecule has 0 amide bonds. The minimum absolute atomic E-state index is 0.0266. The fraction of sp³-hybridized carbons (Fsp3) is 0.500. The second-order valence-electron chi connectivity index (χ2n) is 5.32. The molecule has 0 unspecified atom stereocenters. The SMILES string of the molecule is COCCC1(CNS(=O)(=O)c2ccc(F)c(C#N)c2)CC1. The van der Waals surface area contributed by atoms with E-state index in [9.17, 15) is 12.8 Å². The summed E-state index contributed by atoms with van der Waals surface area (Å²) >= 11 is 0. The zero-order valence-corrected chi connectivity index (χ0v) is 12.5. The van der Waals surface area contributed by atoms with Crippen molar-refractivity contribution in [3.63, 3.8) is 0 Å². The first-order valence-corrected chi connectivity index (χ1v) is 8.09. The van der Waals surface area contributed by atoms with Crippen molar-refractivity contribution in [3.8, 4) is 6.07 Å². The van der Waals surface area contributed by atoms with Crippen LogP contribution in [0.3, 0.4) is 0 Å². The Bertz CT molecular complexity index is 663. The molecule has 1 aliphatic rings. The van der Waals surface area contributed by atoms with Gasteiger partial charge in [-0.25, -0.2) is 17.5 Å². The first-order valence-electron chi connectivity index (χ1n) is 6.61. The molecular weight excluding hydrogens is 295 g/mol. The highest BCUT2D eigenvalue weighted by molar-refractivity contribution is 7.89. The molecule has 0 spiro atoms. The van der Waals surface area contributed by atoms with Crippen molar-refractivity contribution in [2.45, 2.75) is 24.2 Å². The van der Waals surface area contributed by atoms with Crippen LogP contribution < -0.4 is 4.72 Å². The van der Waals surface area contributed by atoms with Gasteiger partial charge in [-0.05, 0) is 42.9 Å². The zero-order chi connectivity index (χ0) is 15.5. The van der Waals surface area contributed by atoms with E-state index < -0.39 is 15.8 Å². The summed E-state index contributed by atoms with van der Waals surface area (Å²) in [7, 11) is -2.12. The second-order valence-corrected chi connectivity index (χ2v) is 7.09. The Balaban J connectivity index is 2.07. The fourth-order valence-electron chi connectivity index (χ4n) is 2.10. The molecule has 1 fully saturated rings. The van der Waals surface area contributed by atoms with Crippen molar-refractivity contribution in [1.29, 1.82) is 5.26 Å². The highest BCUT2D eigenvalue weighted by Gasteiger charge is 2.42. The molecule has 1 N–H and O–H groups in total. The summed E-state index contributed by atoms with van der Waals surface area (Å²) in [5, 5.41) is 8.76. The molecule has 21 heavy (non-hydrogen) atoms. The summed E-state index contributed by atoms with van der Waals surface area (Å²) in [5.74, 6) is -0.727. The predicted molar refractivity (Wildman–Crippen MR) is 74.5 cm³/mol. The quantitative estimate of drug-likeness (QED) is 0.832. The molecule has 0 atom stereocenters. The van der Waals surface area contributed by atoms with Crippen molar-refractivity contribution < 1.29 is 17.5 Å². The van der Waals surface area contributed by atoms with E-state index in [4.69, 9.17) is 10.00 Å². The molecule has 114 valence electrons. The minimum atomic E-state index is -3.74. The Labute approximate surface area is 123 Å². The Kier molecular flexibility index (Phi) is 4.61. The lowest BCUT2D eigenvalue weighted by molar-refractivity contribution is 0.173. The van der Waals surface area contributed by atoms with Crippen LogP contribution in [-0.4, -0.2) is 28.7 Å². The van der Waals surface area contributed by atoms with E-state index in [1.807, 2.05) is 0 Å². The Hall–Kier alpha value is -1.49. The normalized spacial score (nSPS) is 16.4.